The SMILES string of the molecule is COCCOCCCOCC(=O)c1cc(C)ccc1C. The van der Waals surface area contributed by atoms with E-state index in [-0.39, 0.29) is 12.4 Å². The Balaban J connectivity index is 2.18. The molecule has 0 N–H and O–H groups in total. The fraction of sp³-hybridized carbons (Fsp3) is 0.562. The van der Waals surface area contributed by atoms with Crippen molar-refractivity contribution in [3.63, 3.8) is 0 Å². The van der Waals surface area contributed by atoms with Crippen LogP contribution in [-0.2, 0) is 14.2 Å². The minimum Gasteiger partial charge on any atom is -0.382 e. The van der Waals surface area contributed by atoms with Crippen LogP contribution in [-0.4, -0.2) is 45.9 Å². The zero-order valence-corrected chi connectivity index (χ0v) is 12.6. The first kappa shape index (κ1) is 16.8. The third kappa shape index (κ3) is 6.28. The highest BCUT2D eigenvalue weighted by molar-refractivity contribution is 5.98. The van der Waals surface area contributed by atoms with Crippen LogP contribution in [0.25, 0.3) is 0 Å². The van der Waals surface area contributed by atoms with Gasteiger partial charge in [0, 0.05) is 25.9 Å². The topological polar surface area (TPSA) is 44.8 Å². The van der Waals surface area contributed by atoms with Gasteiger partial charge in [-0.1, -0.05) is 17.7 Å². The summed E-state index contributed by atoms with van der Waals surface area (Å²) in [5, 5.41) is 0. The summed E-state index contributed by atoms with van der Waals surface area (Å²) >= 11 is 0. The van der Waals surface area contributed by atoms with E-state index in [1.807, 2.05) is 32.0 Å². The van der Waals surface area contributed by atoms with Crippen molar-refractivity contribution in [2.24, 2.45) is 0 Å². The van der Waals surface area contributed by atoms with Crippen molar-refractivity contribution in [1.29, 1.82) is 0 Å². The predicted molar refractivity (Wildman–Crippen MR) is 78.4 cm³/mol. The molecule has 1 aromatic rings. The smallest absolute Gasteiger partial charge is 0.188 e. The van der Waals surface area contributed by atoms with Crippen LogP contribution in [0.3, 0.4) is 0 Å². The van der Waals surface area contributed by atoms with Crippen LogP contribution in [0, 0.1) is 13.8 Å². The summed E-state index contributed by atoms with van der Waals surface area (Å²) in [4.78, 5) is 12.0. The molecule has 0 saturated heterocycles. The fourth-order valence-electron chi connectivity index (χ4n) is 1.79. The zero-order valence-electron chi connectivity index (χ0n) is 12.6. The van der Waals surface area contributed by atoms with Crippen molar-refractivity contribution in [2.75, 3.05) is 40.1 Å². The van der Waals surface area contributed by atoms with Gasteiger partial charge in [0.15, 0.2) is 5.78 Å². The summed E-state index contributed by atoms with van der Waals surface area (Å²) < 4.78 is 15.6. The molecule has 0 radical (unpaired) electrons. The van der Waals surface area contributed by atoms with E-state index in [9.17, 15) is 4.79 Å². The predicted octanol–water partition coefficient (Wildman–Crippen LogP) is 2.56. The summed E-state index contributed by atoms with van der Waals surface area (Å²) in [6.45, 7) is 6.40. The van der Waals surface area contributed by atoms with E-state index >= 15 is 0 Å². The lowest BCUT2D eigenvalue weighted by atomic mass is 10.0. The first-order valence-corrected chi connectivity index (χ1v) is 6.90. The highest BCUT2D eigenvalue weighted by Gasteiger charge is 2.09. The molecule has 0 bridgehead atoms. The molecule has 0 heterocycles. The maximum atomic E-state index is 12.0. The first-order chi connectivity index (χ1) is 9.65. The summed E-state index contributed by atoms with van der Waals surface area (Å²) in [5.74, 6) is 0.0338. The molecule has 0 aromatic heterocycles. The molecule has 4 heteroatoms. The first-order valence-electron chi connectivity index (χ1n) is 6.90. The molecule has 0 spiro atoms. The van der Waals surface area contributed by atoms with Gasteiger partial charge >= 0.3 is 0 Å². The highest BCUT2D eigenvalue weighted by Crippen LogP contribution is 2.11. The van der Waals surface area contributed by atoms with Gasteiger partial charge < -0.3 is 14.2 Å². The maximum absolute atomic E-state index is 12.0. The fourth-order valence-corrected chi connectivity index (χ4v) is 1.79. The van der Waals surface area contributed by atoms with Gasteiger partial charge in [-0.05, 0) is 31.9 Å². The Morgan fingerprint density at radius 2 is 1.80 bits per heavy atom. The van der Waals surface area contributed by atoms with Gasteiger partial charge in [0.1, 0.15) is 6.61 Å². The average Bonchev–Trinajstić information content (AvgIpc) is 2.44. The van der Waals surface area contributed by atoms with E-state index < -0.39 is 0 Å². The number of hydrogen-bond acceptors (Lipinski definition) is 4. The van der Waals surface area contributed by atoms with Gasteiger partial charge in [0.25, 0.3) is 0 Å². The van der Waals surface area contributed by atoms with E-state index in [4.69, 9.17) is 14.2 Å². The largest absolute Gasteiger partial charge is 0.382 e. The third-order valence-electron chi connectivity index (χ3n) is 2.94. The van der Waals surface area contributed by atoms with E-state index in [0.29, 0.717) is 26.4 Å². The van der Waals surface area contributed by atoms with Crippen LogP contribution in [0.2, 0.25) is 0 Å². The van der Waals surface area contributed by atoms with Crippen molar-refractivity contribution >= 4 is 5.78 Å². The second kappa shape index (κ2) is 9.64. The molecular formula is C16H24O4. The van der Waals surface area contributed by atoms with E-state index in [1.54, 1.807) is 7.11 Å². The van der Waals surface area contributed by atoms with Gasteiger partial charge in [0.2, 0.25) is 0 Å². The number of hydrogen-bond donors (Lipinski definition) is 0. The van der Waals surface area contributed by atoms with Gasteiger partial charge in [-0.25, -0.2) is 0 Å². The van der Waals surface area contributed by atoms with E-state index in [2.05, 4.69) is 0 Å². The molecule has 1 aromatic carbocycles. The quantitative estimate of drug-likeness (QED) is 0.488. The number of ketones is 1. The lowest BCUT2D eigenvalue weighted by molar-refractivity contribution is 0.0488. The summed E-state index contributed by atoms with van der Waals surface area (Å²) in [5.41, 5.74) is 2.83. The molecule has 112 valence electrons. The van der Waals surface area contributed by atoms with Crippen LogP contribution in [0.4, 0.5) is 0 Å². The number of aryl methyl sites for hydroxylation is 2. The summed E-state index contributed by atoms with van der Waals surface area (Å²) in [6.07, 6.45) is 0.782. The molecule has 1 rings (SSSR count). The minimum absolute atomic E-state index is 0.0338. The zero-order chi connectivity index (χ0) is 14.8. The van der Waals surface area contributed by atoms with Crippen LogP contribution in [0.5, 0.6) is 0 Å². The molecule has 0 aliphatic heterocycles. The second-order valence-corrected chi connectivity index (χ2v) is 4.75. The second-order valence-electron chi connectivity index (χ2n) is 4.75. The Hall–Kier alpha value is -1.23. The van der Waals surface area contributed by atoms with Crippen molar-refractivity contribution in [3.05, 3.63) is 34.9 Å². The van der Waals surface area contributed by atoms with Crippen molar-refractivity contribution in [3.8, 4) is 0 Å². The number of benzene rings is 1. The molecule has 0 unspecified atom stereocenters. The summed E-state index contributed by atoms with van der Waals surface area (Å²) in [6, 6.07) is 5.88. The normalized spacial score (nSPS) is 10.8. The standard InChI is InChI=1S/C16H24O4/c1-13-5-6-14(2)15(11-13)16(17)12-20-8-4-7-19-10-9-18-3/h5-6,11H,4,7-10,12H2,1-3H3. The molecule has 0 fully saturated rings. The molecular weight excluding hydrogens is 256 g/mol. The molecule has 4 nitrogen and oxygen atoms in total. The van der Waals surface area contributed by atoms with Crippen LogP contribution < -0.4 is 0 Å². The Labute approximate surface area is 121 Å². The molecule has 0 atom stereocenters. The Morgan fingerprint density at radius 1 is 1.05 bits per heavy atom. The van der Waals surface area contributed by atoms with Crippen LogP contribution in [0.15, 0.2) is 18.2 Å². The monoisotopic (exact) mass is 280 g/mol. The van der Waals surface area contributed by atoms with E-state index in [1.165, 1.54) is 0 Å². The molecule has 0 saturated carbocycles. The molecule has 0 aliphatic carbocycles. The van der Waals surface area contributed by atoms with Gasteiger partial charge in [-0.2, -0.15) is 0 Å². The lowest BCUT2D eigenvalue weighted by Gasteiger charge is -2.07. The Morgan fingerprint density at radius 3 is 2.55 bits per heavy atom. The summed E-state index contributed by atoms with van der Waals surface area (Å²) in [7, 11) is 1.64. The Bertz CT molecular complexity index is 415. The van der Waals surface area contributed by atoms with Gasteiger partial charge in [0.05, 0.1) is 13.2 Å². The van der Waals surface area contributed by atoms with Gasteiger partial charge in [-0.15, -0.1) is 0 Å². The maximum Gasteiger partial charge on any atom is 0.188 e. The molecule has 20 heavy (non-hydrogen) atoms. The molecule has 0 aliphatic rings. The number of Topliss-reactive ketones (excluding diaryl/α,β-unsaturated/α-hetero) is 1. The lowest BCUT2D eigenvalue weighted by Crippen LogP contribution is -2.12. The van der Waals surface area contributed by atoms with Gasteiger partial charge in [-0.3, -0.25) is 4.79 Å². The Kier molecular flexibility index (Phi) is 8.11. The van der Waals surface area contributed by atoms with E-state index in [0.717, 1.165) is 23.1 Å². The molecule has 0 amide bonds. The van der Waals surface area contributed by atoms with Crippen LogP contribution in [0.1, 0.15) is 27.9 Å². The van der Waals surface area contributed by atoms with Crippen molar-refractivity contribution in [1.82, 2.24) is 0 Å². The third-order valence-corrected chi connectivity index (χ3v) is 2.94. The van der Waals surface area contributed by atoms with Crippen molar-refractivity contribution in [2.45, 2.75) is 20.3 Å². The number of rotatable bonds is 10. The van der Waals surface area contributed by atoms with Crippen LogP contribution >= 0.6 is 0 Å². The average molecular weight is 280 g/mol. The van der Waals surface area contributed by atoms with Crippen molar-refractivity contribution < 1.29 is 19.0 Å². The highest BCUT2D eigenvalue weighted by atomic mass is 16.5. The number of methoxy groups -OCH3 is 1. The number of carbonyl (C=O) groups is 1. The number of ether oxygens (including phenoxy) is 3. The minimum atomic E-state index is 0.0338. The number of carbonyl (C=O) groups excluding carboxylic acids is 1.